The standard InChI is InChI=1S/C27H24FNO6/c1-32-23-10-6-5-9-22(23)29-14-18(13-24(29)30)26(31)33-15-19-11-21(28)12-20-16-34-27(35-25(19)20)17-7-3-2-4-8-17/h2-12,18,27H,13-16H2,1H3/t18-,27-/m0/s1. The van der Waals surface area contributed by atoms with Gasteiger partial charge in [0.05, 0.1) is 25.3 Å². The van der Waals surface area contributed by atoms with Crippen LogP contribution in [0.3, 0.4) is 0 Å². The predicted molar refractivity (Wildman–Crippen MR) is 124 cm³/mol. The maximum Gasteiger partial charge on any atom is 0.311 e. The molecule has 2 aliphatic rings. The quantitative estimate of drug-likeness (QED) is 0.486. The van der Waals surface area contributed by atoms with Crippen molar-refractivity contribution in [2.75, 3.05) is 18.6 Å². The van der Waals surface area contributed by atoms with E-state index in [4.69, 9.17) is 18.9 Å². The molecular formula is C27H24FNO6. The first-order valence-corrected chi connectivity index (χ1v) is 11.3. The number of esters is 1. The van der Waals surface area contributed by atoms with E-state index in [-0.39, 0.29) is 32.1 Å². The second-order valence-corrected chi connectivity index (χ2v) is 8.41. The summed E-state index contributed by atoms with van der Waals surface area (Å²) in [5.41, 5.74) is 2.38. The number of methoxy groups -OCH3 is 1. The molecule has 1 saturated heterocycles. The first kappa shape index (κ1) is 22.9. The maximum absolute atomic E-state index is 14.2. The summed E-state index contributed by atoms with van der Waals surface area (Å²) >= 11 is 0. The van der Waals surface area contributed by atoms with Gasteiger partial charge in [0.2, 0.25) is 12.2 Å². The fourth-order valence-corrected chi connectivity index (χ4v) is 4.38. The van der Waals surface area contributed by atoms with E-state index in [0.717, 1.165) is 5.56 Å². The van der Waals surface area contributed by atoms with Crippen LogP contribution < -0.4 is 14.4 Å². The number of amides is 1. The lowest BCUT2D eigenvalue weighted by molar-refractivity contribution is -0.150. The van der Waals surface area contributed by atoms with Gasteiger partial charge in [0.1, 0.15) is 23.9 Å². The van der Waals surface area contributed by atoms with E-state index in [0.29, 0.717) is 28.3 Å². The van der Waals surface area contributed by atoms with E-state index < -0.39 is 24.0 Å². The summed E-state index contributed by atoms with van der Waals surface area (Å²) in [6, 6.07) is 19.2. The molecule has 3 aromatic rings. The second kappa shape index (κ2) is 9.76. The molecule has 2 heterocycles. The fraction of sp³-hybridized carbons (Fsp3) is 0.259. The minimum absolute atomic E-state index is 0.0264. The fourth-order valence-electron chi connectivity index (χ4n) is 4.38. The first-order valence-electron chi connectivity index (χ1n) is 11.3. The molecule has 2 aliphatic heterocycles. The van der Waals surface area contributed by atoms with Gasteiger partial charge in [-0.05, 0) is 24.3 Å². The minimum atomic E-state index is -0.648. The van der Waals surface area contributed by atoms with Gasteiger partial charge in [-0.3, -0.25) is 9.59 Å². The number of halogens is 1. The number of hydrogen-bond donors (Lipinski definition) is 0. The smallest absolute Gasteiger partial charge is 0.311 e. The highest BCUT2D eigenvalue weighted by Crippen LogP contribution is 2.37. The second-order valence-electron chi connectivity index (χ2n) is 8.41. The number of carbonyl (C=O) groups is 2. The van der Waals surface area contributed by atoms with Gasteiger partial charge in [-0.1, -0.05) is 42.5 Å². The summed E-state index contributed by atoms with van der Waals surface area (Å²) in [7, 11) is 1.53. The Morgan fingerprint density at radius 3 is 2.69 bits per heavy atom. The molecular weight excluding hydrogens is 453 g/mol. The number of nitrogens with zero attached hydrogens (tertiary/aromatic N) is 1. The van der Waals surface area contributed by atoms with Crippen LogP contribution in [0.15, 0.2) is 66.7 Å². The van der Waals surface area contributed by atoms with Gasteiger partial charge in [-0.15, -0.1) is 0 Å². The molecule has 2 atom stereocenters. The Hall–Kier alpha value is -3.91. The zero-order valence-electron chi connectivity index (χ0n) is 19.1. The molecule has 0 radical (unpaired) electrons. The Bertz CT molecular complexity index is 1250. The van der Waals surface area contributed by atoms with Crippen molar-refractivity contribution >= 4 is 17.6 Å². The summed E-state index contributed by atoms with van der Waals surface area (Å²) < 4.78 is 36.9. The van der Waals surface area contributed by atoms with Gasteiger partial charge in [0.25, 0.3) is 0 Å². The highest BCUT2D eigenvalue weighted by Gasteiger charge is 2.37. The van der Waals surface area contributed by atoms with Crippen molar-refractivity contribution in [2.24, 2.45) is 5.92 Å². The third kappa shape index (κ3) is 4.70. The summed E-state index contributed by atoms with van der Waals surface area (Å²) in [6.07, 6.45) is -0.621. The largest absolute Gasteiger partial charge is 0.495 e. The molecule has 5 rings (SSSR count). The van der Waals surface area contributed by atoms with E-state index in [1.54, 1.807) is 18.2 Å². The normalized spacial score (nSPS) is 19.1. The van der Waals surface area contributed by atoms with Crippen LogP contribution >= 0.6 is 0 Å². The van der Waals surface area contributed by atoms with Crippen molar-refractivity contribution in [3.05, 3.63) is 89.2 Å². The van der Waals surface area contributed by atoms with Crippen LogP contribution in [0, 0.1) is 11.7 Å². The Morgan fingerprint density at radius 1 is 1.11 bits per heavy atom. The number of rotatable bonds is 6. The van der Waals surface area contributed by atoms with Crippen molar-refractivity contribution in [1.82, 2.24) is 0 Å². The molecule has 8 heteroatoms. The lowest BCUT2D eigenvalue weighted by Gasteiger charge is -2.28. The molecule has 180 valence electrons. The third-order valence-corrected chi connectivity index (χ3v) is 6.10. The van der Waals surface area contributed by atoms with Crippen LogP contribution in [0.1, 0.15) is 29.4 Å². The lowest BCUT2D eigenvalue weighted by Crippen LogP contribution is -2.27. The topological polar surface area (TPSA) is 74.3 Å². The highest BCUT2D eigenvalue weighted by molar-refractivity contribution is 6.00. The molecule has 1 fully saturated rings. The summed E-state index contributed by atoms with van der Waals surface area (Å²) in [5, 5.41) is 0. The third-order valence-electron chi connectivity index (χ3n) is 6.10. The Labute approximate surface area is 202 Å². The summed E-state index contributed by atoms with van der Waals surface area (Å²) in [5.74, 6) is -0.839. The van der Waals surface area contributed by atoms with E-state index in [2.05, 4.69) is 0 Å². The first-order chi connectivity index (χ1) is 17.0. The predicted octanol–water partition coefficient (Wildman–Crippen LogP) is 4.54. The highest BCUT2D eigenvalue weighted by atomic mass is 19.1. The number of fused-ring (bicyclic) bond motifs is 1. The van der Waals surface area contributed by atoms with Crippen molar-refractivity contribution in [3.63, 3.8) is 0 Å². The van der Waals surface area contributed by atoms with Crippen LogP contribution in [-0.4, -0.2) is 25.5 Å². The molecule has 0 N–H and O–H groups in total. The SMILES string of the molecule is COc1ccccc1N1C[C@@H](C(=O)OCc2cc(F)cc3c2O[C@@H](c2ccccc2)OC3)CC1=O. The van der Waals surface area contributed by atoms with Crippen molar-refractivity contribution in [2.45, 2.75) is 25.9 Å². The molecule has 0 spiro atoms. The zero-order chi connectivity index (χ0) is 24.4. The van der Waals surface area contributed by atoms with Gasteiger partial charge in [-0.2, -0.15) is 0 Å². The van der Waals surface area contributed by atoms with Gasteiger partial charge in [0, 0.05) is 29.7 Å². The molecule has 0 aliphatic carbocycles. The molecule has 1 amide bonds. The summed E-state index contributed by atoms with van der Waals surface area (Å²) in [6.45, 7) is 0.165. The summed E-state index contributed by atoms with van der Waals surface area (Å²) in [4.78, 5) is 27.0. The molecule has 0 saturated carbocycles. The molecule has 0 unspecified atom stereocenters. The number of anilines is 1. The van der Waals surface area contributed by atoms with E-state index in [1.807, 2.05) is 36.4 Å². The van der Waals surface area contributed by atoms with Crippen molar-refractivity contribution in [3.8, 4) is 11.5 Å². The van der Waals surface area contributed by atoms with Gasteiger partial charge < -0.3 is 23.8 Å². The van der Waals surface area contributed by atoms with Crippen molar-refractivity contribution in [1.29, 1.82) is 0 Å². The van der Waals surface area contributed by atoms with Crippen molar-refractivity contribution < 1.29 is 32.9 Å². The van der Waals surface area contributed by atoms with Crippen LogP contribution in [0.5, 0.6) is 11.5 Å². The molecule has 35 heavy (non-hydrogen) atoms. The maximum atomic E-state index is 14.2. The lowest BCUT2D eigenvalue weighted by atomic mass is 10.1. The monoisotopic (exact) mass is 477 g/mol. The molecule has 7 nitrogen and oxygen atoms in total. The number of carbonyl (C=O) groups excluding carboxylic acids is 2. The minimum Gasteiger partial charge on any atom is -0.495 e. The number of benzene rings is 3. The zero-order valence-corrected chi connectivity index (χ0v) is 19.1. The van der Waals surface area contributed by atoms with Crippen LogP contribution in [0.25, 0.3) is 0 Å². The van der Waals surface area contributed by atoms with E-state index in [9.17, 15) is 14.0 Å². The van der Waals surface area contributed by atoms with Crippen LogP contribution in [-0.2, 0) is 32.3 Å². The van der Waals surface area contributed by atoms with E-state index in [1.165, 1.54) is 24.1 Å². The van der Waals surface area contributed by atoms with Crippen LogP contribution in [0.2, 0.25) is 0 Å². The molecule has 0 aromatic heterocycles. The average molecular weight is 477 g/mol. The average Bonchev–Trinajstić information content (AvgIpc) is 3.28. The van der Waals surface area contributed by atoms with Gasteiger partial charge >= 0.3 is 5.97 Å². The van der Waals surface area contributed by atoms with Crippen LogP contribution in [0.4, 0.5) is 10.1 Å². The number of para-hydroxylation sites is 2. The number of ether oxygens (including phenoxy) is 4. The van der Waals surface area contributed by atoms with Gasteiger partial charge in [0.15, 0.2) is 0 Å². The van der Waals surface area contributed by atoms with Gasteiger partial charge in [-0.25, -0.2) is 4.39 Å². The molecule has 0 bridgehead atoms. The molecule has 3 aromatic carbocycles. The Kier molecular flexibility index (Phi) is 6.37. The number of hydrogen-bond acceptors (Lipinski definition) is 6. The van der Waals surface area contributed by atoms with E-state index >= 15 is 0 Å². The Morgan fingerprint density at radius 2 is 1.89 bits per heavy atom. The Balaban J connectivity index is 1.28.